The lowest BCUT2D eigenvalue weighted by Gasteiger charge is -2.24. The number of carbonyl (C=O) groups is 2. The molecule has 128 valence electrons. The minimum atomic E-state index is -2.20. The molecular formula is C14H19NO8. The molecule has 0 fully saturated rings. The highest BCUT2D eigenvalue weighted by molar-refractivity contribution is 5.94. The van der Waals surface area contributed by atoms with Crippen LogP contribution in [-0.2, 0) is 16.1 Å². The highest BCUT2D eigenvalue weighted by atomic mass is 16.5. The third-order valence-corrected chi connectivity index (χ3v) is 2.96. The van der Waals surface area contributed by atoms with Gasteiger partial charge in [-0.05, 0) is 5.56 Å². The quantitative estimate of drug-likeness (QED) is 0.331. The third-order valence-electron chi connectivity index (χ3n) is 2.96. The zero-order chi connectivity index (χ0) is 17.4. The van der Waals surface area contributed by atoms with E-state index in [1.807, 2.05) is 0 Å². The number of aliphatic hydroxyl groups is 5. The van der Waals surface area contributed by atoms with E-state index in [2.05, 4.69) is 0 Å². The summed E-state index contributed by atoms with van der Waals surface area (Å²) in [6.45, 7) is -0.990. The first-order chi connectivity index (χ1) is 10.9. The van der Waals surface area contributed by atoms with Gasteiger partial charge in [0.25, 0.3) is 5.91 Å². The number of nitrogens with one attached hydrogen (secondary N) is 1. The number of alkyl carbamates (subject to hydrolysis) is 1. The van der Waals surface area contributed by atoms with Crippen molar-refractivity contribution in [3.05, 3.63) is 35.9 Å². The summed E-state index contributed by atoms with van der Waals surface area (Å²) in [4.78, 5) is 23.0. The fourth-order valence-corrected chi connectivity index (χ4v) is 1.61. The van der Waals surface area contributed by atoms with Crippen molar-refractivity contribution in [1.82, 2.24) is 5.32 Å². The molecule has 1 aromatic carbocycles. The number of ether oxygens (including phenoxy) is 1. The molecule has 0 aromatic heterocycles. The molecule has 0 saturated heterocycles. The van der Waals surface area contributed by atoms with Gasteiger partial charge in [-0.25, -0.2) is 4.79 Å². The van der Waals surface area contributed by atoms with E-state index in [0.29, 0.717) is 5.56 Å². The first kappa shape index (κ1) is 19.0. The van der Waals surface area contributed by atoms with E-state index in [0.717, 1.165) is 0 Å². The Bertz CT molecular complexity index is 509. The minimum Gasteiger partial charge on any atom is -0.444 e. The molecule has 0 aliphatic rings. The summed E-state index contributed by atoms with van der Waals surface area (Å²) >= 11 is 0. The molecule has 1 rings (SSSR count). The molecule has 0 unspecified atom stereocenters. The van der Waals surface area contributed by atoms with Gasteiger partial charge in [-0.3, -0.25) is 10.1 Å². The molecule has 0 saturated carbocycles. The second kappa shape index (κ2) is 9.18. The van der Waals surface area contributed by atoms with Gasteiger partial charge in [-0.1, -0.05) is 30.3 Å². The first-order valence-electron chi connectivity index (χ1n) is 6.71. The molecule has 9 nitrogen and oxygen atoms in total. The van der Waals surface area contributed by atoms with Gasteiger partial charge in [0.15, 0.2) is 6.10 Å². The summed E-state index contributed by atoms with van der Waals surface area (Å²) in [5.41, 5.74) is 0.678. The van der Waals surface area contributed by atoms with Crippen LogP contribution in [-0.4, -0.2) is 68.6 Å². The van der Waals surface area contributed by atoms with Crippen molar-refractivity contribution in [2.75, 3.05) is 6.61 Å². The Kier molecular flexibility index (Phi) is 7.59. The SMILES string of the molecule is O=C(NC(=O)[C@H](O)[C@@H](O)[C@H](O)[C@H](O)CO)OCc1ccccc1. The van der Waals surface area contributed by atoms with Gasteiger partial charge in [-0.2, -0.15) is 0 Å². The Hall–Kier alpha value is -2.04. The predicted octanol–water partition coefficient (Wildman–Crippen LogP) is -2.12. The van der Waals surface area contributed by atoms with Crippen LogP contribution in [0.3, 0.4) is 0 Å². The standard InChI is InChI=1S/C14H19NO8/c16-6-9(17)10(18)11(19)12(20)13(21)15-14(22)23-7-8-4-2-1-3-5-8/h1-5,9-12,16-20H,6-7H2,(H,15,21,22)/t9-,10-,11+,12-/m1/s1. The number of rotatable bonds is 7. The Morgan fingerprint density at radius 3 is 2.22 bits per heavy atom. The molecule has 1 aromatic rings. The van der Waals surface area contributed by atoms with E-state index in [-0.39, 0.29) is 6.61 Å². The summed E-state index contributed by atoms with van der Waals surface area (Å²) in [6, 6.07) is 8.63. The van der Waals surface area contributed by atoms with E-state index < -0.39 is 43.0 Å². The third kappa shape index (κ3) is 5.93. The van der Waals surface area contributed by atoms with Crippen molar-refractivity contribution in [1.29, 1.82) is 0 Å². The number of amides is 2. The van der Waals surface area contributed by atoms with Crippen molar-refractivity contribution in [3.8, 4) is 0 Å². The number of benzene rings is 1. The molecule has 4 atom stereocenters. The largest absolute Gasteiger partial charge is 0.444 e. The summed E-state index contributed by atoms with van der Waals surface area (Å²) in [5, 5.41) is 47.8. The van der Waals surface area contributed by atoms with E-state index >= 15 is 0 Å². The topological polar surface area (TPSA) is 157 Å². The molecule has 23 heavy (non-hydrogen) atoms. The Balaban J connectivity index is 2.46. The van der Waals surface area contributed by atoms with Crippen molar-refractivity contribution in [2.24, 2.45) is 0 Å². The van der Waals surface area contributed by atoms with Crippen LogP contribution in [0.15, 0.2) is 30.3 Å². The fourth-order valence-electron chi connectivity index (χ4n) is 1.61. The van der Waals surface area contributed by atoms with Crippen molar-refractivity contribution in [2.45, 2.75) is 31.0 Å². The average molecular weight is 329 g/mol. The summed E-state index contributed by atoms with van der Waals surface area (Å²) in [6.07, 6.45) is -9.17. The van der Waals surface area contributed by atoms with Gasteiger partial charge in [-0.15, -0.1) is 0 Å². The molecule has 0 aliphatic carbocycles. The molecule has 6 N–H and O–H groups in total. The van der Waals surface area contributed by atoms with Crippen LogP contribution in [0.2, 0.25) is 0 Å². The lowest BCUT2D eigenvalue weighted by molar-refractivity contribution is -0.148. The lowest BCUT2D eigenvalue weighted by atomic mass is 10.0. The second-order valence-electron chi connectivity index (χ2n) is 4.73. The highest BCUT2D eigenvalue weighted by Crippen LogP contribution is 2.06. The summed E-state index contributed by atoms with van der Waals surface area (Å²) < 4.78 is 4.74. The van der Waals surface area contributed by atoms with E-state index in [1.165, 1.54) is 0 Å². The van der Waals surface area contributed by atoms with E-state index in [4.69, 9.17) is 14.9 Å². The van der Waals surface area contributed by atoms with E-state index in [1.54, 1.807) is 35.6 Å². The van der Waals surface area contributed by atoms with Crippen LogP contribution in [0.4, 0.5) is 4.79 Å². The Morgan fingerprint density at radius 2 is 1.65 bits per heavy atom. The van der Waals surface area contributed by atoms with Crippen molar-refractivity contribution < 1.29 is 39.9 Å². The molecule has 2 amide bonds. The molecule has 0 aliphatic heterocycles. The van der Waals surface area contributed by atoms with Gasteiger partial charge in [0.1, 0.15) is 24.9 Å². The van der Waals surface area contributed by atoms with Gasteiger partial charge >= 0.3 is 6.09 Å². The number of hydrogen-bond donors (Lipinski definition) is 6. The van der Waals surface area contributed by atoms with Crippen LogP contribution in [0.5, 0.6) is 0 Å². The first-order valence-corrected chi connectivity index (χ1v) is 6.71. The van der Waals surface area contributed by atoms with Crippen LogP contribution >= 0.6 is 0 Å². The monoisotopic (exact) mass is 329 g/mol. The normalized spacial score (nSPS) is 16.0. The fraction of sp³-hybridized carbons (Fsp3) is 0.429. The maximum Gasteiger partial charge on any atom is 0.414 e. The minimum absolute atomic E-state index is 0.107. The lowest BCUT2D eigenvalue weighted by Crippen LogP contribution is -2.52. The van der Waals surface area contributed by atoms with Crippen LogP contribution in [0.25, 0.3) is 0 Å². The maximum atomic E-state index is 11.5. The average Bonchev–Trinajstić information content (AvgIpc) is 2.58. The van der Waals surface area contributed by atoms with Gasteiger partial charge in [0.2, 0.25) is 0 Å². The Morgan fingerprint density at radius 1 is 1.04 bits per heavy atom. The van der Waals surface area contributed by atoms with Crippen molar-refractivity contribution >= 4 is 12.0 Å². The Labute approximate surface area is 131 Å². The van der Waals surface area contributed by atoms with E-state index in [9.17, 15) is 24.9 Å². The molecular weight excluding hydrogens is 310 g/mol. The van der Waals surface area contributed by atoms with Crippen LogP contribution in [0.1, 0.15) is 5.56 Å². The summed E-state index contributed by atoms with van der Waals surface area (Å²) in [5.74, 6) is -1.32. The smallest absolute Gasteiger partial charge is 0.414 e. The number of hydrogen-bond acceptors (Lipinski definition) is 8. The zero-order valence-corrected chi connectivity index (χ0v) is 12.1. The zero-order valence-electron chi connectivity index (χ0n) is 12.1. The number of imide groups is 1. The molecule has 0 bridgehead atoms. The number of carbonyl (C=O) groups excluding carboxylic acids is 2. The maximum absolute atomic E-state index is 11.5. The van der Waals surface area contributed by atoms with Gasteiger partial charge < -0.3 is 30.3 Å². The number of aliphatic hydroxyl groups excluding tert-OH is 5. The van der Waals surface area contributed by atoms with Crippen molar-refractivity contribution in [3.63, 3.8) is 0 Å². The predicted molar refractivity (Wildman–Crippen MR) is 75.9 cm³/mol. The van der Waals surface area contributed by atoms with Gasteiger partial charge in [0, 0.05) is 0 Å². The molecule has 0 heterocycles. The highest BCUT2D eigenvalue weighted by Gasteiger charge is 2.34. The van der Waals surface area contributed by atoms with Crippen LogP contribution in [0, 0.1) is 0 Å². The summed E-state index contributed by atoms with van der Waals surface area (Å²) in [7, 11) is 0. The molecule has 0 spiro atoms. The molecule has 0 radical (unpaired) electrons. The second-order valence-corrected chi connectivity index (χ2v) is 4.73. The molecule has 9 heteroatoms. The van der Waals surface area contributed by atoms with Gasteiger partial charge in [0.05, 0.1) is 6.61 Å². The van der Waals surface area contributed by atoms with Crippen LogP contribution < -0.4 is 5.32 Å².